The molecule has 0 aliphatic rings. The topological polar surface area (TPSA) is 71.4 Å². The number of hydrogen-bond donors (Lipinski definition) is 1. The summed E-state index contributed by atoms with van der Waals surface area (Å²) in [6.07, 6.45) is 2.32. The lowest BCUT2D eigenvalue weighted by Gasteiger charge is -2.13. The minimum Gasteiger partial charge on any atom is -0.497 e. The number of aryl methyl sites for hydroxylation is 3. The van der Waals surface area contributed by atoms with Gasteiger partial charge in [0.05, 0.1) is 7.11 Å². The van der Waals surface area contributed by atoms with Gasteiger partial charge in [-0.05, 0) is 55.7 Å². The molecule has 0 spiro atoms. The molecule has 0 saturated heterocycles. The van der Waals surface area contributed by atoms with Crippen molar-refractivity contribution in [2.24, 2.45) is 0 Å². The molecule has 0 radical (unpaired) electrons. The number of hydrogen-bond acceptors (Lipinski definition) is 4. The van der Waals surface area contributed by atoms with Crippen LogP contribution in [-0.2, 0) is 17.8 Å². The Balaban J connectivity index is 1.88. The minimum atomic E-state index is -0.463. The quantitative estimate of drug-likeness (QED) is 0.344. The number of anilines is 1. The second kappa shape index (κ2) is 11.0. The molecule has 0 bridgehead atoms. The van der Waals surface area contributed by atoms with Crippen molar-refractivity contribution in [3.05, 3.63) is 94.1 Å². The van der Waals surface area contributed by atoms with Gasteiger partial charge < -0.3 is 14.8 Å². The number of para-hydroxylation sites is 1. The van der Waals surface area contributed by atoms with E-state index >= 15 is 0 Å². The molecule has 0 aliphatic carbocycles. The number of nitrogens with one attached hydrogen (secondary N) is 1. The SMILES string of the molecule is CCc1ccccc1NC(=O)/C(C#N)=C/c1ccc(OC)cc1OCc1cc(C)cc(C)c1. The zero-order valence-corrected chi connectivity index (χ0v) is 19.4. The Hall–Kier alpha value is -4.04. The Morgan fingerprint density at radius 3 is 2.45 bits per heavy atom. The molecule has 0 aliphatic heterocycles. The predicted octanol–water partition coefficient (Wildman–Crippen LogP) is 6.00. The van der Waals surface area contributed by atoms with E-state index in [1.54, 1.807) is 31.4 Å². The molecule has 1 amide bonds. The molecule has 3 aromatic rings. The number of amides is 1. The van der Waals surface area contributed by atoms with Gasteiger partial charge in [-0.1, -0.05) is 54.4 Å². The Morgan fingerprint density at radius 2 is 1.79 bits per heavy atom. The maximum absolute atomic E-state index is 12.8. The third-order valence-corrected chi connectivity index (χ3v) is 5.21. The standard InChI is InChI=1S/C28H28N2O3/c1-5-22-8-6-7-9-26(22)30-28(31)24(17-29)15-23-10-11-25(32-4)16-27(23)33-18-21-13-19(2)12-20(3)14-21/h6-16H,5,18H2,1-4H3,(H,30,31)/b24-15+. The van der Waals surface area contributed by atoms with Crippen LogP contribution in [0.15, 0.2) is 66.2 Å². The van der Waals surface area contributed by atoms with Crippen LogP contribution in [0, 0.1) is 25.2 Å². The zero-order valence-electron chi connectivity index (χ0n) is 19.4. The summed E-state index contributed by atoms with van der Waals surface area (Å²) >= 11 is 0. The highest BCUT2D eigenvalue weighted by molar-refractivity contribution is 6.10. The second-order valence-corrected chi connectivity index (χ2v) is 7.82. The van der Waals surface area contributed by atoms with Crippen LogP contribution in [0.2, 0.25) is 0 Å². The maximum Gasteiger partial charge on any atom is 0.266 e. The molecule has 1 N–H and O–H groups in total. The highest BCUT2D eigenvalue weighted by Crippen LogP contribution is 2.28. The Bertz CT molecular complexity index is 1200. The molecule has 168 valence electrons. The Labute approximate surface area is 195 Å². The number of carbonyl (C=O) groups is 1. The van der Waals surface area contributed by atoms with E-state index in [1.807, 2.05) is 51.1 Å². The summed E-state index contributed by atoms with van der Waals surface area (Å²) in [5.41, 5.74) is 5.68. The first-order valence-corrected chi connectivity index (χ1v) is 10.8. The average Bonchev–Trinajstić information content (AvgIpc) is 2.81. The lowest BCUT2D eigenvalue weighted by molar-refractivity contribution is -0.112. The van der Waals surface area contributed by atoms with Crippen molar-refractivity contribution in [1.82, 2.24) is 0 Å². The molecule has 0 atom stereocenters. The van der Waals surface area contributed by atoms with Gasteiger partial charge in [-0.15, -0.1) is 0 Å². The smallest absolute Gasteiger partial charge is 0.266 e. The number of nitriles is 1. The molecule has 5 heteroatoms. The van der Waals surface area contributed by atoms with Crippen LogP contribution in [0.4, 0.5) is 5.69 Å². The summed E-state index contributed by atoms with van der Waals surface area (Å²) in [5, 5.41) is 12.5. The van der Waals surface area contributed by atoms with Gasteiger partial charge in [-0.3, -0.25) is 4.79 Å². The third kappa shape index (κ3) is 6.24. The van der Waals surface area contributed by atoms with E-state index in [2.05, 4.69) is 23.5 Å². The van der Waals surface area contributed by atoms with Crippen molar-refractivity contribution < 1.29 is 14.3 Å². The van der Waals surface area contributed by atoms with Gasteiger partial charge in [0, 0.05) is 17.3 Å². The molecule has 0 saturated carbocycles. The first-order valence-electron chi connectivity index (χ1n) is 10.8. The zero-order chi connectivity index (χ0) is 23.8. The van der Waals surface area contributed by atoms with Crippen LogP contribution < -0.4 is 14.8 Å². The number of nitrogens with zero attached hydrogens (tertiary/aromatic N) is 1. The van der Waals surface area contributed by atoms with Crippen molar-refractivity contribution >= 4 is 17.7 Å². The molecule has 0 fully saturated rings. The molecule has 0 heterocycles. The fourth-order valence-electron chi connectivity index (χ4n) is 3.64. The molecule has 3 rings (SSSR count). The fraction of sp³-hybridized carbons (Fsp3) is 0.214. The van der Waals surface area contributed by atoms with Crippen molar-refractivity contribution in [2.75, 3.05) is 12.4 Å². The minimum absolute atomic E-state index is 0.0117. The Kier molecular flexibility index (Phi) is 7.88. The predicted molar refractivity (Wildman–Crippen MR) is 131 cm³/mol. The molecular formula is C28H28N2O3. The number of rotatable bonds is 8. The van der Waals surface area contributed by atoms with Gasteiger partial charge in [0.2, 0.25) is 0 Å². The monoisotopic (exact) mass is 440 g/mol. The van der Waals surface area contributed by atoms with E-state index in [4.69, 9.17) is 9.47 Å². The van der Waals surface area contributed by atoms with Crippen LogP contribution >= 0.6 is 0 Å². The summed E-state index contributed by atoms with van der Waals surface area (Å²) in [6.45, 7) is 6.46. The normalized spacial score (nSPS) is 10.9. The van der Waals surface area contributed by atoms with Crippen LogP contribution in [0.1, 0.15) is 34.7 Å². The van der Waals surface area contributed by atoms with E-state index in [1.165, 1.54) is 0 Å². The van der Waals surface area contributed by atoms with E-state index < -0.39 is 5.91 Å². The Morgan fingerprint density at radius 1 is 1.06 bits per heavy atom. The fourth-order valence-corrected chi connectivity index (χ4v) is 3.64. The van der Waals surface area contributed by atoms with Crippen LogP contribution in [0.25, 0.3) is 6.08 Å². The van der Waals surface area contributed by atoms with Crippen LogP contribution in [0.3, 0.4) is 0 Å². The largest absolute Gasteiger partial charge is 0.497 e. The lowest BCUT2D eigenvalue weighted by Crippen LogP contribution is -2.14. The van der Waals surface area contributed by atoms with Crippen LogP contribution in [0.5, 0.6) is 11.5 Å². The van der Waals surface area contributed by atoms with E-state index in [-0.39, 0.29) is 5.57 Å². The van der Waals surface area contributed by atoms with Gasteiger partial charge in [-0.25, -0.2) is 0 Å². The summed E-state index contributed by atoms with van der Waals surface area (Å²) in [7, 11) is 1.58. The van der Waals surface area contributed by atoms with Gasteiger partial charge in [0.1, 0.15) is 29.7 Å². The first kappa shape index (κ1) is 23.6. The second-order valence-electron chi connectivity index (χ2n) is 7.82. The molecular weight excluding hydrogens is 412 g/mol. The first-order chi connectivity index (χ1) is 15.9. The summed E-state index contributed by atoms with van der Waals surface area (Å²) in [4.78, 5) is 12.8. The highest BCUT2D eigenvalue weighted by atomic mass is 16.5. The van der Waals surface area contributed by atoms with E-state index in [0.717, 1.165) is 28.7 Å². The number of carbonyl (C=O) groups excluding carboxylic acids is 1. The molecule has 0 unspecified atom stereocenters. The number of ether oxygens (including phenoxy) is 2. The molecule has 33 heavy (non-hydrogen) atoms. The maximum atomic E-state index is 12.8. The van der Waals surface area contributed by atoms with Gasteiger partial charge >= 0.3 is 0 Å². The lowest BCUT2D eigenvalue weighted by atomic mass is 10.1. The summed E-state index contributed by atoms with van der Waals surface area (Å²) in [6, 6.07) is 21.1. The average molecular weight is 441 g/mol. The highest BCUT2D eigenvalue weighted by Gasteiger charge is 2.14. The summed E-state index contributed by atoms with van der Waals surface area (Å²) < 4.78 is 11.4. The molecule has 3 aromatic carbocycles. The van der Waals surface area contributed by atoms with Crippen molar-refractivity contribution in [3.63, 3.8) is 0 Å². The van der Waals surface area contributed by atoms with E-state index in [0.29, 0.717) is 29.4 Å². The molecule has 0 aromatic heterocycles. The van der Waals surface area contributed by atoms with E-state index in [9.17, 15) is 10.1 Å². The molecule has 5 nitrogen and oxygen atoms in total. The van der Waals surface area contributed by atoms with Crippen molar-refractivity contribution in [3.8, 4) is 17.6 Å². The number of benzene rings is 3. The summed E-state index contributed by atoms with van der Waals surface area (Å²) in [5.74, 6) is 0.694. The van der Waals surface area contributed by atoms with Gasteiger partial charge in [0.15, 0.2) is 0 Å². The third-order valence-electron chi connectivity index (χ3n) is 5.21. The van der Waals surface area contributed by atoms with Crippen molar-refractivity contribution in [2.45, 2.75) is 33.8 Å². The van der Waals surface area contributed by atoms with Crippen LogP contribution in [-0.4, -0.2) is 13.0 Å². The van der Waals surface area contributed by atoms with Crippen molar-refractivity contribution in [1.29, 1.82) is 5.26 Å². The van der Waals surface area contributed by atoms with Gasteiger partial charge in [0.25, 0.3) is 5.91 Å². The number of methoxy groups -OCH3 is 1. The van der Waals surface area contributed by atoms with Gasteiger partial charge in [-0.2, -0.15) is 5.26 Å².